The Balaban J connectivity index is 3.85. The van der Waals surface area contributed by atoms with Crippen molar-refractivity contribution in [2.24, 2.45) is 0 Å². The molecule has 90 valence electrons. The number of Topliss-reactive ketones (excluding diaryl/α,β-unsaturated/α-hetero) is 1. The van der Waals surface area contributed by atoms with Crippen molar-refractivity contribution in [2.45, 2.75) is 58.5 Å². The molecule has 3 heteroatoms. The molecule has 0 spiro atoms. The molecule has 15 heavy (non-hydrogen) atoms. The summed E-state index contributed by atoms with van der Waals surface area (Å²) >= 11 is 0. The summed E-state index contributed by atoms with van der Waals surface area (Å²) in [6.45, 7) is 7.15. The third-order valence-electron chi connectivity index (χ3n) is 2.44. The van der Waals surface area contributed by atoms with Gasteiger partial charge in [0, 0.05) is 12.5 Å². The topological polar surface area (TPSA) is 41.1 Å². The monoisotopic (exact) mass is 214 g/mol. The van der Waals surface area contributed by atoms with Gasteiger partial charge in [-0.1, -0.05) is 27.2 Å². The van der Waals surface area contributed by atoms with E-state index in [1.807, 2.05) is 14.0 Å². The molecule has 0 aromatic carbocycles. The van der Waals surface area contributed by atoms with Gasteiger partial charge >= 0.3 is 0 Å². The zero-order valence-electron chi connectivity index (χ0n) is 10.6. The minimum atomic E-state index is 0.0619. The normalized spacial score (nSPS) is 13.1. The van der Waals surface area contributed by atoms with E-state index in [1.54, 1.807) is 0 Å². The van der Waals surface area contributed by atoms with Crippen molar-refractivity contribution in [1.29, 1.82) is 0 Å². The van der Waals surface area contributed by atoms with Crippen LogP contribution < -0.4 is 10.6 Å². The Bertz CT molecular complexity index is 169. The maximum Gasteiger partial charge on any atom is 0.149 e. The second kappa shape index (κ2) is 8.86. The van der Waals surface area contributed by atoms with E-state index >= 15 is 0 Å². The number of hydrogen-bond acceptors (Lipinski definition) is 3. The fourth-order valence-electron chi connectivity index (χ4n) is 1.64. The van der Waals surface area contributed by atoms with Crippen molar-refractivity contribution in [1.82, 2.24) is 10.6 Å². The smallest absolute Gasteiger partial charge is 0.149 e. The number of carbonyl (C=O) groups excluding carboxylic acids is 1. The molecule has 0 aliphatic heterocycles. The highest BCUT2D eigenvalue weighted by molar-refractivity contribution is 5.83. The van der Waals surface area contributed by atoms with Gasteiger partial charge in [0.2, 0.25) is 0 Å². The van der Waals surface area contributed by atoms with Crippen LogP contribution in [-0.2, 0) is 4.79 Å². The molecule has 0 aromatic heterocycles. The largest absolute Gasteiger partial charge is 0.320 e. The maximum absolute atomic E-state index is 11.6. The average Bonchev–Trinajstić information content (AvgIpc) is 2.21. The summed E-state index contributed by atoms with van der Waals surface area (Å²) in [5.41, 5.74) is 0. The van der Waals surface area contributed by atoms with Crippen LogP contribution in [0.4, 0.5) is 0 Å². The van der Waals surface area contributed by atoms with Crippen LogP contribution >= 0.6 is 0 Å². The van der Waals surface area contributed by atoms with Gasteiger partial charge in [-0.25, -0.2) is 0 Å². The molecule has 1 atom stereocenters. The van der Waals surface area contributed by atoms with Crippen LogP contribution in [0.25, 0.3) is 0 Å². The van der Waals surface area contributed by atoms with Crippen LogP contribution in [0.2, 0.25) is 0 Å². The SMILES string of the molecule is CCC(=O)[C@H](CCCCNC)NC(C)C. The first-order valence-electron chi connectivity index (χ1n) is 6.05. The lowest BCUT2D eigenvalue weighted by Crippen LogP contribution is -2.40. The third-order valence-corrected chi connectivity index (χ3v) is 2.44. The van der Waals surface area contributed by atoms with Crippen molar-refractivity contribution in [3.05, 3.63) is 0 Å². The fourth-order valence-corrected chi connectivity index (χ4v) is 1.64. The average molecular weight is 214 g/mol. The molecule has 0 saturated carbocycles. The number of rotatable bonds is 9. The Hall–Kier alpha value is -0.410. The maximum atomic E-state index is 11.6. The standard InChI is InChI=1S/C12H26N2O/c1-5-12(15)11(14-10(2)3)8-6-7-9-13-4/h10-11,13-14H,5-9H2,1-4H3/t11-/m0/s1. The Kier molecular flexibility index (Phi) is 8.62. The lowest BCUT2D eigenvalue weighted by atomic mass is 10.0. The van der Waals surface area contributed by atoms with Crippen LogP contribution in [0.1, 0.15) is 46.5 Å². The summed E-state index contributed by atoms with van der Waals surface area (Å²) in [6, 6.07) is 0.446. The second-order valence-corrected chi connectivity index (χ2v) is 4.29. The van der Waals surface area contributed by atoms with E-state index in [1.165, 1.54) is 0 Å². The zero-order chi connectivity index (χ0) is 11.7. The van der Waals surface area contributed by atoms with Crippen molar-refractivity contribution in [2.75, 3.05) is 13.6 Å². The number of carbonyl (C=O) groups is 1. The quantitative estimate of drug-likeness (QED) is 0.574. The molecule has 0 saturated heterocycles. The Labute approximate surface area is 94.0 Å². The number of hydrogen-bond donors (Lipinski definition) is 2. The lowest BCUT2D eigenvalue weighted by molar-refractivity contribution is -0.121. The minimum absolute atomic E-state index is 0.0619. The molecule has 0 aromatic rings. The Morgan fingerprint density at radius 1 is 1.27 bits per heavy atom. The van der Waals surface area contributed by atoms with E-state index in [-0.39, 0.29) is 6.04 Å². The van der Waals surface area contributed by atoms with E-state index in [0.717, 1.165) is 25.8 Å². The molecule has 0 heterocycles. The highest BCUT2D eigenvalue weighted by Crippen LogP contribution is 2.05. The van der Waals surface area contributed by atoms with Crippen LogP contribution in [-0.4, -0.2) is 31.5 Å². The van der Waals surface area contributed by atoms with E-state index in [4.69, 9.17) is 0 Å². The summed E-state index contributed by atoms with van der Waals surface area (Å²) < 4.78 is 0. The molecule has 0 unspecified atom stereocenters. The van der Waals surface area contributed by atoms with Crippen LogP contribution in [0, 0.1) is 0 Å². The summed E-state index contributed by atoms with van der Waals surface area (Å²) in [4.78, 5) is 11.6. The molecule has 0 radical (unpaired) electrons. The molecular formula is C12H26N2O. The first-order chi connectivity index (χ1) is 7.11. The number of ketones is 1. The summed E-state index contributed by atoms with van der Waals surface area (Å²) in [5, 5.41) is 6.46. The predicted octanol–water partition coefficient (Wildman–Crippen LogP) is 1.72. The lowest BCUT2D eigenvalue weighted by Gasteiger charge is -2.19. The van der Waals surface area contributed by atoms with Gasteiger partial charge in [0.1, 0.15) is 5.78 Å². The van der Waals surface area contributed by atoms with Crippen LogP contribution in [0.15, 0.2) is 0 Å². The van der Waals surface area contributed by atoms with E-state index in [9.17, 15) is 4.79 Å². The summed E-state index contributed by atoms with van der Waals surface area (Å²) in [6.07, 6.45) is 3.85. The summed E-state index contributed by atoms with van der Waals surface area (Å²) in [7, 11) is 1.96. The first kappa shape index (κ1) is 14.6. The van der Waals surface area contributed by atoms with Crippen molar-refractivity contribution in [3.63, 3.8) is 0 Å². The van der Waals surface area contributed by atoms with Crippen LogP contribution in [0.5, 0.6) is 0 Å². The van der Waals surface area contributed by atoms with Gasteiger partial charge in [0.05, 0.1) is 6.04 Å². The van der Waals surface area contributed by atoms with Crippen molar-refractivity contribution in [3.8, 4) is 0 Å². The number of nitrogens with one attached hydrogen (secondary N) is 2. The van der Waals surface area contributed by atoms with Gasteiger partial charge in [-0.3, -0.25) is 4.79 Å². The molecule has 0 bridgehead atoms. The molecule has 3 nitrogen and oxygen atoms in total. The van der Waals surface area contributed by atoms with Gasteiger partial charge in [-0.15, -0.1) is 0 Å². The molecule has 0 rings (SSSR count). The van der Waals surface area contributed by atoms with Gasteiger partial charge in [0.15, 0.2) is 0 Å². The highest BCUT2D eigenvalue weighted by atomic mass is 16.1. The Morgan fingerprint density at radius 3 is 2.40 bits per heavy atom. The van der Waals surface area contributed by atoms with E-state index in [2.05, 4.69) is 24.5 Å². The van der Waals surface area contributed by atoms with Gasteiger partial charge in [-0.2, -0.15) is 0 Å². The zero-order valence-corrected chi connectivity index (χ0v) is 10.6. The molecule has 0 aliphatic carbocycles. The molecule has 0 aliphatic rings. The molecule has 0 amide bonds. The van der Waals surface area contributed by atoms with Gasteiger partial charge in [0.25, 0.3) is 0 Å². The van der Waals surface area contributed by atoms with Gasteiger partial charge < -0.3 is 10.6 Å². The second-order valence-electron chi connectivity index (χ2n) is 4.29. The third kappa shape index (κ3) is 7.51. The minimum Gasteiger partial charge on any atom is -0.320 e. The van der Waals surface area contributed by atoms with Crippen molar-refractivity contribution >= 4 is 5.78 Å². The fraction of sp³-hybridized carbons (Fsp3) is 0.917. The molecule has 0 fully saturated rings. The molecular weight excluding hydrogens is 188 g/mol. The molecule has 2 N–H and O–H groups in total. The van der Waals surface area contributed by atoms with E-state index < -0.39 is 0 Å². The van der Waals surface area contributed by atoms with Gasteiger partial charge in [-0.05, 0) is 26.4 Å². The highest BCUT2D eigenvalue weighted by Gasteiger charge is 2.16. The van der Waals surface area contributed by atoms with Crippen LogP contribution in [0.3, 0.4) is 0 Å². The van der Waals surface area contributed by atoms with Crippen molar-refractivity contribution < 1.29 is 4.79 Å². The Morgan fingerprint density at radius 2 is 1.93 bits per heavy atom. The van der Waals surface area contributed by atoms with E-state index in [0.29, 0.717) is 18.2 Å². The predicted molar refractivity (Wildman–Crippen MR) is 65.1 cm³/mol. The number of unbranched alkanes of at least 4 members (excludes halogenated alkanes) is 1. The first-order valence-corrected chi connectivity index (χ1v) is 6.05. The summed E-state index contributed by atoms with van der Waals surface area (Å²) in [5.74, 6) is 0.341.